The van der Waals surface area contributed by atoms with Crippen LogP contribution in [0.2, 0.25) is 0 Å². The van der Waals surface area contributed by atoms with Crippen LogP contribution in [0.25, 0.3) is 0 Å². The molecule has 0 bridgehead atoms. The summed E-state index contributed by atoms with van der Waals surface area (Å²) in [5.41, 5.74) is 0.0395. The number of amides is 2. The Labute approximate surface area is 161 Å². The summed E-state index contributed by atoms with van der Waals surface area (Å²) in [6.07, 6.45) is 0. The number of fused-ring (bicyclic) bond motifs is 1. The molecule has 1 aromatic carbocycles. The number of carbonyl (C=O) groups excluding carboxylic acids is 2. The first-order valence-corrected chi connectivity index (χ1v) is 8.82. The molecule has 0 radical (unpaired) electrons. The maximum Gasteiger partial charge on any atom is 0.271 e. The fourth-order valence-electron chi connectivity index (χ4n) is 3.00. The quantitative estimate of drug-likeness (QED) is 0.557. The molecule has 0 fully saturated rings. The summed E-state index contributed by atoms with van der Waals surface area (Å²) in [7, 11) is 0. The molecular weight excluding hydrogens is 366 g/mol. The third-order valence-corrected chi connectivity index (χ3v) is 4.46. The van der Waals surface area contributed by atoms with Gasteiger partial charge in [0.25, 0.3) is 11.6 Å². The number of hydrogen-bond donors (Lipinski definition) is 0. The Balaban J connectivity index is 1.84. The van der Waals surface area contributed by atoms with Gasteiger partial charge in [-0.25, -0.2) is 0 Å². The van der Waals surface area contributed by atoms with Gasteiger partial charge in [0, 0.05) is 18.2 Å². The minimum absolute atomic E-state index is 0.126. The lowest BCUT2D eigenvalue weighted by molar-refractivity contribution is -0.384. The Morgan fingerprint density at radius 3 is 2.68 bits per heavy atom. The number of nitrogens with zero attached hydrogens (tertiary/aromatic N) is 3. The summed E-state index contributed by atoms with van der Waals surface area (Å²) in [6.45, 7) is 5.36. The zero-order valence-corrected chi connectivity index (χ0v) is 15.9. The van der Waals surface area contributed by atoms with Crippen LogP contribution >= 0.6 is 0 Å². The van der Waals surface area contributed by atoms with E-state index in [0.29, 0.717) is 11.5 Å². The van der Waals surface area contributed by atoms with Crippen LogP contribution in [0.15, 0.2) is 34.7 Å². The van der Waals surface area contributed by atoms with Crippen molar-refractivity contribution < 1.29 is 23.7 Å². The molecule has 0 N–H and O–H groups in total. The zero-order chi connectivity index (χ0) is 20.4. The van der Waals surface area contributed by atoms with Gasteiger partial charge in [-0.3, -0.25) is 24.6 Å². The minimum atomic E-state index is -0.557. The van der Waals surface area contributed by atoms with Crippen LogP contribution in [0.5, 0.6) is 5.75 Å². The van der Waals surface area contributed by atoms with Gasteiger partial charge >= 0.3 is 0 Å². The van der Waals surface area contributed by atoms with Crippen molar-refractivity contribution in [1.82, 2.24) is 4.90 Å². The molecule has 3 rings (SSSR count). The average molecular weight is 387 g/mol. The standard InChI is InChI=1S/C19H21N3O6/c1-12(2)20(9-15-6-4-13(3)28-15)18(23)10-21-16-8-14(22(25)26)5-7-17(16)27-11-19(21)24/h4-8,12H,9-11H2,1-3H3. The van der Waals surface area contributed by atoms with E-state index in [4.69, 9.17) is 9.15 Å². The second-order valence-electron chi connectivity index (χ2n) is 6.81. The predicted molar refractivity (Wildman–Crippen MR) is 100 cm³/mol. The lowest BCUT2D eigenvalue weighted by atomic mass is 10.2. The fraction of sp³-hybridized carbons (Fsp3) is 0.368. The number of nitro groups is 1. The number of rotatable bonds is 6. The SMILES string of the molecule is Cc1ccc(CN(C(=O)CN2C(=O)COc3ccc([N+](=O)[O-])cc32)C(C)C)o1. The molecule has 0 spiro atoms. The molecule has 148 valence electrons. The van der Waals surface area contributed by atoms with Crippen LogP contribution in [0.1, 0.15) is 25.4 Å². The lowest BCUT2D eigenvalue weighted by Gasteiger charge is -2.32. The Bertz CT molecular complexity index is 920. The van der Waals surface area contributed by atoms with Crippen LogP contribution in [0, 0.1) is 17.0 Å². The van der Waals surface area contributed by atoms with E-state index in [1.54, 1.807) is 11.0 Å². The maximum atomic E-state index is 13.0. The number of ether oxygens (including phenoxy) is 1. The average Bonchev–Trinajstić information content (AvgIpc) is 3.06. The lowest BCUT2D eigenvalue weighted by Crippen LogP contribution is -2.48. The van der Waals surface area contributed by atoms with Crippen LogP contribution < -0.4 is 9.64 Å². The highest BCUT2D eigenvalue weighted by Crippen LogP contribution is 2.35. The highest BCUT2D eigenvalue weighted by molar-refractivity contribution is 6.02. The van der Waals surface area contributed by atoms with Crippen molar-refractivity contribution in [2.24, 2.45) is 0 Å². The first-order valence-electron chi connectivity index (χ1n) is 8.82. The first kappa shape index (κ1) is 19.4. The maximum absolute atomic E-state index is 13.0. The molecule has 1 aliphatic rings. The van der Waals surface area contributed by atoms with Crippen LogP contribution in [-0.4, -0.2) is 40.8 Å². The van der Waals surface area contributed by atoms with Gasteiger partial charge < -0.3 is 14.1 Å². The van der Waals surface area contributed by atoms with E-state index < -0.39 is 10.8 Å². The van der Waals surface area contributed by atoms with Crippen molar-refractivity contribution >= 4 is 23.2 Å². The van der Waals surface area contributed by atoms with Gasteiger partial charge in [-0.15, -0.1) is 0 Å². The van der Waals surface area contributed by atoms with Crippen molar-refractivity contribution in [3.8, 4) is 5.75 Å². The Morgan fingerprint density at radius 1 is 1.32 bits per heavy atom. The molecular formula is C19H21N3O6. The third-order valence-electron chi connectivity index (χ3n) is 4.46. The number of benzene rings is 1. The van der Waals surface area contributed by atoms with Gasteiger partial charge in [0.05, 0.1) is 17.2 Å². The van der Waals surface area contributed by atoms with E-state index in [1.807, 2.05) is 26.8 Å². The number of nitro benzene ring substituents is 1. The van der Waals surface area contributed by atoms with E-state index in [0.717, 1.165) is 5.76 Å². The second kappa shape index (κ2) is 7.71. The summed E-state index contributed by atoms with van der Waals surface area (Å²) in [4.78, 5) is 38.7. The molecule has 0 atom stereocenters. The van der Waals surface area contributed by atoms with Gasteiger partial charge in [0.15, 0.2) is 6.61 Å². The molecule has 9 nitrogen and oxygen atoms in total. The van der Waals surface area contributed by atoms with Gasteiger partial charge in [-0.05, 0) is 39.0 Å². The van der Waals surface area contributed by atoms with E-state index in [9.17, 15) is 19.7 Å². The highest BCUT2D eigenvalue weighted by Gasteiger charge is 2.31. The number of anilines is 1. The van der Waals surface area contributed by atoms with E-state index in [-0.39, 0.29) is 43.0 Å². The van der Waals surface area contributed by atoms with Gasteiger partial charge in [-0.2, -0.15) is 0 Å². The fourth-order valence-corrected chi connectivity index (χ4v) is 3.00. The van der Waals surface area contributed by atoms with Crippen LogP contribution in [0.3, 0.4) is 0 Å². The Morgan fingerprint density at radius 2 is 2.07 bits per heavy atom. The molecule has 9 heteroatoms. The summed E-state index contributed by atoms with van der Waals surface area (Å²) in [6, 6.07) is 7.47. The molecule has 2 amide bonds. The summed E-state index contributed by atoms with van der Waals surface area (Å²) < 4.78 is 10.9. The third kappa shape index (κ3) is 3.98. The number of furan rings is 1. The molecule has 2 aromatic rings. The monoisotopic (exact) mass is 387 g/mol. The minimum Gasteiger partial charge on any atom is -0.482 e. The normalized spacial score (nSPS) is 13.3. The van der Waals surface area contributed by atoms with Gasteiger partial charge in [-0.1, -0.05) is 0 Å². The van der Waals surface area contributed by atoms with Crippen molar-refractivity contribution in [3.63, 3.8) is 0 Å². The molecule has 0 unspecified atom stereocenters. The topological polar surface area (TPSA) is 106 Å². The first-order chi connectivity index (χ1) is 13.3. The van der Waals surface area contributed by atoms with Crippen LogP contribution in [0.4, 0.5) is 11.4 Å². The number of carbonyl (C=O) groups is 2. The number of non-ortho nitro benzene ring substituents is 1. The van der Waals surface area contributed by atoms with Crippen molar-refractivity contribution in [1.29, 1.82) is 0 Å². The predicted octanol–water partition coefficient (Wildman–Crippen LogP) is 2.66. The molecule has 0 aliphatic carbocycles. The van der Waals surface area contributed by atoms with Crippen molar-refractivity contribution in [2.45, 2.75) is 33.4 Å². The highest BCUT2D eigenvalue weighted by atomic mass is 16.6. The van der Waals surface area contributed by atoms with Gasteiger partial charge in [0.2, 0.25) is 5.91 Å². The molecule has 0 saturated heterocycles. The molecule has 1 aromatic heterocycles. The molecule has 28 heavy (non-hydrogen) atoms. The van der Waals surface area contributed by atoms with E-state index in [2.05, 4.69) is 0 Å². The summed E-state index contributed by atoms with van der Waals surface area (Å²) in [5.74, 6) is 0.992. The molecule has 2 heterocycles. The zero-order valence-electron chi connectivity index (χ0n) is 15.9. The van der Waals surface area contributed by atoms with Gasteiger partial charge in [0.1, 0.15) is 23.8 Å². The second-order valence-corrected chi connectivity index (χ2v) is 6.81. The number of hydrogen-bond acceptors (Lipinski definition) is 6. The van der Waals surface area contributed by atoms with Crippen LogP contribution in [-0.2, 0) is 16.1 Å². The number of aryl methyl sites for hydroxylation is 1. The summed E-state index contributed by atoms with van der Waals surface area (Å²) in [5, 5.41) is 11.1. The molecule has 0 saturated carbocycles. The smallest absolute Gasteiger partial charge is 0.271 e. The van der Waals surface area contributed by atoms with Crippen molar-refractivity contribution in [3.05, 3.63) is 52.0 Å². The molecule has 1 aliphatic heterocycles. The van der Waals surface area contributed by atoms with E-state index in [1.165, 1.54) is 23.1 Å². The largest absolute Gasteiger partial charge is 0.482 e. The summed E-state index contributed by atoms with van der Waals surface area (Å²) >= 11 is 0. The Kier molecular flexibility index (Phi) is 5.34. The Hall–Kier alpha value is -3.36. The van der Waals surface area contributed by atoms with E-state index >= 15 is 0 Å². The van der Waals surface area contributed by atoms with Crippen molar-refractivity contribution in [2.75, 3.05) is 18.1 Å².